The third-order valence-corrected chi connectivity index (χ3v) is 3.81. The number of likely N-dealkylation sites (tertiary alicyclic amines) is 1. The molecule has 4 heteroatoms. The molecule has 1 aliphatic rings. The van der Waals surface area contributed by atoms with Crippen LogP contribution in [0, 0.1) is 0 Å². The van der Waals surface area contributed by atoms with Crippen molar-refractivity contribution >= 4 is 11.8 Å². The van der Waals surface area contributed by atoms with E-state index in [1.165, 1.54) is 0 Å². The highest BCUT2D eigenvalue weighted by molar-refractivity contribution is 5.74. The highest BCUT2D eigenvalue weighted by atomic mass is 16.1. The summed E-state index contributed by atoms with van der Waals surface area (Å²) in [5.41, 5.74) is 1.70. The van der Waals surface area contributed by atoms with Gasteiger partial charge in [0.1, 0.15) is 5.82 Å². The molecule has 0 N–H and O–H groups in total. The molecule has 0 aromatic carbocycles. The minimum Gasteiger partial charge on any atom is -0.306 e. The molecule has 2 aromatic heterocycles. The summed E-state index contributed by atoms with van der Waals surface area (Å²) in [6.45, 7) is 2.20. The van der Waals surface area contributed by atoms with Crippen molar-refractivity contribution in [2.45, 2.75) is 18.8 Å². The van der Waals surface area contributed by atoms with Crippen molar-refractivity contribution in [1.29, 1.82) is 0 Å². The maximum absolute atomic E-state index is 11.1. The van der Waals surface area contributed by atoms with E-state index in [1.807, 2.05) is 28.8 Å². The van der Waals surface area contributed by atoms with Crippen LogP contribution in [0.5, 0.6) is 0 Å². The molecule has 3 heterocycles. The van der Waals surface area contributed by atoms with Gasteiger partial charge in [0.05, 0.1) is 17.4 Å². The summed E-state index contributed by atoms with van der Waals surface area (Å²) in [6, 6.07) is 5.75. The number of nitrogens with zero attached hydrogens (tertiary/aromatic N) is 3. The molecule has 0 saturated carbocycles. The van der Waals surface area contributed by atoms with Crippen molar-refractivity contribution in [2.75, 3.05) is 20.1 Å². The van der Waals surface area contributed by atoms with E-state index in [0.717, 1.165) is 43.6 Å². The van der Waals surface area contributed by atoms with Gasteiger partial charge in [-0.2, -0.15) is 0 Å². The largest absolute Gasteiger partial charge is 0.306 e. The third kappa shape index (κ3) is 1.82. The molecule has 1 aliphatic heterocycles. The molecule has 2 aromatic rings. The molecule has 0 radical (unpaired) electrons. The first kappa shape index (κ1) is 11.4. The average Bonchev–Trinajstić information content (AvgIpc) is 2.83. The zero-order chi connectivity index (χ0) is 12.5. The fraction of sp³-hybridized carbons (Fsp3) is 0.429. The van der Waals surface area contributed by atoms with Gasteiger partial charge in [-0.3, -0.25) is 9.20 Å². The lowest BCUT2D eigenvalue weighted by molar-refractivity contribution is 0.111. The Balaban J connectivity index is 2.04. The van der Waals surface area contributed by atoms with Crippen LogP contribution >= 0.6 is 0 Å². The minimum absolute atomic E-state index is 0.463. The fourth-order valence-electron chi connectivity index (χ4n) is 2.75. The van der Waals surface area contributed by atoms with Crippen molar-refractivity contribution < 1.29 is 4.79 Å². The van der Waals surface area contributed by atoms with Crippen molar-refractivity contribution in [3.63, 3.8) is 0 Å². The van der Waals surface area contributed by atoms with E-state index >= 15 is 0 Å². The highest BCUT2D eigenvalue weighted by Crippen LogP contribution is 2.27. The van der Waals surface area contributed by atoms with Gasteiger partial charge in [-0.05, 0) is 45.1 Å². The number of pyridine rings is 1. The van der Waals surface area contributed by atoms with Crippen LogP contribution in [0.2, 0.25) is 0 Å². The fourth-order valence-corrected chi connectivity index (χ4v) is 2.75. The Kier molecular flexibility index (Phi) is 2.88. The molecule has 0 unspecified atom stereocenters. The summed E-state index contributed by atoms with van der Waals surface area (Å²) >= 11 is 0. The summed E-state index contributed by atoms with van der Waals surface area (Å²) in [4.78, 5) is 18.0. The number of hydrogen-bond donors (Lipinski definition) is 0. The number of carbonyl (C=O) groups is 1. The van der Waals surface area contributed by atoms with Crippen LogP contribution in [-0.2, 0) is 0 Å². The molecule has 3 rings (SSSR count). The maximum Gasteiger partial charge on any atom is 0.166 e. The third-order valence-electron chi connectivity index (χ3n) is 3.81. The van der Waals surface area contributed by atoms with E-state index in [4.69, 9.17) is 0 Å². The molecule has 0 amide bonds. The van der Waals surface area contributed by atoms with E-state index in [9.17, 15) is 4.79 Å². The second kappa shape index (κ2) is 4.53. The van der Waals surface area contributed by atoms with Gasteiger partial charge in [-0.1, -0.05) is 6.07 Å². The predicted octanol–water partition coefficient (Wildman–Crippen LogP) is 1.96. The van der Waals surface area contributed by atoms with Crippen molar-refractivity contribution in [3.05, 3.63) is 35.9 Å². The zero-order valence-corrected chi connectivity index (χ0v) is 10.5. The van der Waals surface area contributed by atoms with Crippen LogP contribution in [0.1, 0.15) is 35.1 Å². The van der Waals surface area contributed by atoms with E-state index < -0.39 is 0 Å². The van der Waals surface area contributed by atoms with Crippen molar-refractivity contribution in [3.8, 4) is 0 Å². The Labute approximate surface area is 106 Å². The topological polar surface area (TPSA) is 37.6 Å². The quantitative estimate of drug-likeness (QED) is 0.757. The smallest absolute Gasteiger partial charge is 0.166 e. The molecule has 0 aliphatic carbocycles. The molecule has 1 fully saturated rings. The standard InChI is InChI=1S/C14H17N3O/c1-16-7-5-11(6-8-16)14-15-9-12-3-2-4-13(10-18)17(12)14/h2-4,9-11H,5-8H2,1H3. The highest BCUT2D eigenvalue weighted by Gasteiger charge is 2.22. The monoisotopic (exact) mass is 243 g/mol. The number of piperidine rings is 1. The average molecular weight is 243 g/mol. The lowest BCUT2D eigenvalue weighted by Crippen LogP contribution is -2.30. The maximum atomic E-state index is 11.1. The van der Waals surface area contributed by atoms with Crippen LogP contribution in [-0.4, -0.2) is 40.7 Å². The zero-order valence-electron chi connectivity index (χ0n) is 10.5. The van der Waals surface area contributed by atoms with E-state index in [2.05, 4.69) is 16.9 Å². The number of fused-ring (bicyclic) bond motifs is 1. The Morgan fingerprint density at radius 3 is 2.83 bits per heavy atom. The molecule has 0 atom stereocenters. The van der Waals surface area contributed by atoms with E-state index in [0.29, 0.717) is 11.6 Å². The Hall–Kier alpha value is -1.68. The first-order valence-corrected chi connectivity index (χ1v) is 6.39. The van der Waals surface area contributed by atoms with E-state index in [-0.39, 0.29) is 0 Å². The van der Waals surface area contributed by atoms with Gasteiger partial charge >= 0.3 is 0 Å². The van der Waals surface area contributed by atoms with Crippen LogP contribution in [0.4, 0.5) is 0 Å². The summed E-state index contributed by atoms with van der Waals surface area (Å²) < 4.78 is 2.00. The van der Waals surface area contributed by atoms with Gasteiger partial charge in [0.15, 0.2) is 6.29 Å². The van der Waals surface area contributed by atoms with Gasteiger partial charge < -0.3 is 4.90 Å². The summed E-state index contributed by atoms with van der Waals surface area (Å²) in [7, 11) is 2.15. The number of aldehydes is 1. The number of rotatable bonds is 2. The molecule has 4 nitrogen and oxygen atoms in total. The predicted molar refractivity (Wildman–Crippen MR) is 70.1 cm³/mol. The number of imidazole rings is 1. The summed E-state index contributed by atoms with van der Waals surface area (Å²) in [5.74, 6) is 1.51. The summed E-state index contributed by atoms with van der Waals surface area (Å²) in [5, 5.41) is 0. The number of aromatic nitrogens is 2. The van der Waals surface area contributed by atoms with Crippen LogP contribution in [0.15, 0.2) is 24.4 Å². The lowest BCUT2D eigenvalue weighted by Gasteiger charge is -2.28. The SMILES string of the molecule is CN1CCC(c2ncc3cccc(C=O)n23)CC1. The Morgan fingerprint density at radius 1 is 1.33 bits per heavy atom. The van der Waals surface area contributed by atoms with Crippen LogP contribution < -0.4 is 0 Å². The first-order chi connectivity index (χ1) is 8.79. The van der Waals surface area contributed by atoms with Gasteiger partial charge in [-0.25, -0.2) is 4.98 Å². The van der Waals surface area contributed by atoms with E-state index in [1.54, 1.807) is 0 Å². The number of carbonyl (C=O) groups excluding carboxylic acids is 1. The Bertz CT molecular complexity index is 567. The number of hydrogen-bond acceptors (Lipinski definition) is 3. The van der Waals surface area contributed by atoms with Crippen LogP contribution in [0.25, 0.3) is 5.52 Å². The summed E-state index contributed by atoms with van der Waals surface area (Å²) in [6.07, 6.45) is 5.00. The van der Waals surface area contributed by atoms with Gasteiger partial charge in [0.25, 0.3) is 0 Å². The second-order valence-electron chi connectivity index (χ2n) is 5.02. The second-order valence-corrected chi connectivity index (χ2v) is 5.02. The molecular formula is C14H17N3O. The van der Waals surface area contributed by atoms with Gasteiger partial charge in [0.2, 0.25) is 0 Å². The molecular weight excluding hydrogens is 226 g/mol. The first-order valence-electron chi connectivity index (χ1n) is 6.39. The Morgan fingerprint density at radius 2 is 2.11 bits per heavy atom. The molecule has 0 bridgehead atoms. The van der Waals surface area contributed by atoms with Crippen LogP contribution in [0.3, 0.4) is 0 Å². The lowest BCUT2D eigenvalue weighted by atomic mass is 9.96. The van der Waals surface area contributed by atoms with Crippen molar-refractivity contribution in [1.82, 2.24) is 14.3 Å². The minimum atomic E-state index is 0.463. The normalized spacial score (nSPS) is 18.3. The van der Waals surface area contributed by atoms with Crippen molar-refractivity contribution in [2.24, 2.45) is 0 Å². The molecule has 0 spiro atoms. The van der Waals surface area contributed by atoms with Gasteiger partial charge in [0, 0.05) is 5.92 Å². The van der Waals surface area contributed by atoms with Gasteiger partial charge in [-0.15, -0.1) is 0 Å². The molecule has 1 saturated heterocycles. The molecule has 94 valence electrons. The molecule has 18 heavy (non-hydrogen) atoms.